The zero-order chi connectivity index (χ0) is 13.9. The third-order valence-corrected chi connectivity index (χ3v) is 4.94. The fraction of sp³-hybridized carbons (Fsp3) is 0.625. The average molecular weight is 295 g/mol. The Morgan fingerprint density at radius 3 is 3.00 bits per heavy atom. The number of hydrogen-bond donors (Lipinski definition) is 1. The highest BCUT2D eigenvalue weighted by Gasteiger charge is 2.38. The highest BCUT2D eigenvalue weighted by atomic mass is 35.5. The van der Waals surface area contributed by atoms with Gasteiger partial charge in [0.2, 0.25) is 0 Å². The Balaban J connectivity index is 1.46. The monoisotopic (exact) mass is 294 g/mol. The van der Waals surface area contributed by atoms with Gasteiger partial charge >= 0.3 is 0 Å². The van der Waals surface area contributed by atoms with Crippen LogP contribution in [0.15, 0.2) is 24.3 Å². The molecule has 2 fully saturated rings. The lowest BCUT2D eigenvalue weighted by Crippen LogP contribution is -2.38. The second kappa shape index (κ2) is 6.33. The summed E-state index contributed by atoms with van der Waals surface area (Å²) in [6.45, 7) is 4.03. The number of hydrogen-bond acceptors (Lipinski definition) is 3. The van der Waals surface area contributed by atoms with Crippen LogP contribution >= 0.6 is 11.6 Å². The molecule has 0 bridgehead atoms. The van der Waals surface area contributed by atoms with E-state index in [1.54, 1.807) is 0 Å². The molecule has 0 aromatic heterocycles. The van der Waals surface area contributed by atoms with Gasteiger partial charge in [-0.15, -0.1) is 0 Å². The van der Waals surface area contributed by atoms with Gasteiger partial charge < -0.3 is 10.5 Å². The molecule has 1 aromatic rings. The van der Waals surface area contributed by atoms with Crippen LogP contribution in [0, 0.1) is 11.8 Å². The molecule has 3 rings (SSSR count). The van der Waals surface area contributed by atoms with Gasteiger partial charge in [-0.2, -0.15) is 0 Å². The van der Waals surface area contributed by atoms with Gasteiger partial charge in [0.05, 0.1) is 0 Å². The van der Waals surface area contributed by atoms with Crippen molar-refractivity contribution in [2.24, 2.45) is 17.6 Å². The number of benzene rings is 1. The highest BCUT2D eigenvalue weighted by molar-refractivity contribution is 6.30. The van der Waals surface area contributed by atoms with Crippen LogP contribution in [0.3, 0.4) is 0 Å². The van der Waals surface area contributed by atoms with Crippen LogP contribution in [0.1, 0.15) is 19.3 Å². The molecule has 3 unspecified atom stereocenters. The predicted octanol–water partition coefficient (Wildman–Crippen LogP) is 2.78. The third kappa shape index (κ3) is 3.27. The highest BCUT2D eigenvalue weighted by Crippen LogP contribution is 2.35. The molecule has 4 heteroatoms. The lowest BCUT2D eigenvalue weighted by Gasteiger charge is -2.29. The molecule has 0 spiro atoms. The Labute approximate surface area is 126 Å². The van der Waals surface area contributed by atoms with Crippen LogP contribution in [0.2, 0.25) is 5.02 Å². The van der Waals surface area contributed by atoms with Crippen molar-refractivity contribution >= 4 is 11.6 Å². The Bertz CT molecular complexity index is 454. The molecule has 1 aromatic carbocycles. The largest absolute Gasteiger partial charge is 0.492 e. The van der Waals surface area contributed by atoms with Crippen molar-refractivity contribution in [2.45, 2.75) is 25.3 Å². The van der Waals surface area contributed by atoms with Crippen molar-refractivity contribution in [2.75, 3.05) is 26.2 Å². The number of nitrogens with zero attached hydrogens (tertiary/aromatic N) is 1. The normalized spacial score (nSPS) is 30.2. The summed E-state index contributed by atoms with van der Waals surface area (Å²) in [6.07, 6.45) is 3.85. The fourth-order valence-electron chi connectivity index (χ4n) is 3.64. The van der Waals surface area contributed by atoms with Gasteiger partial charge in [-0.3, -0.25) is 4.90 Å². The number of nitrogens with two attached hydrogens (primary N) is 1. The first-order chi connectivity index (χ1) is 9.72. The van der Waals surface area contributed by atoms with Gasteiger partial charge in [0.15, 0.2) is 0 Å². The summed E-state index contributed by atoms with van der Waals surface area (Å²) in [5.74, 6) is 2.37. The molecule has 1 aliphatic carbocycles. The Hall–Kier alpha value is -0.770. The van der Waals surface area contributed by atoms with E-state index < -0.39 is 0 Å². The van der Waals surface area contributed by atoms with Gasteiger partial charge in [-0.25, -0.2) is 0 Å². The van der Waals surface area contributed by atoms with Crippen LogP contribution in [0.25, 0.3) is 0 Å². The van der Waals surface area contributed by atoms with Crippen molar-refractivity contribution in [1.29, 1.82) is 0 Å². The van der Waals surface area contributed by atoms with E-state index in [2.05, 4.69) is 4.90 Å². The molecule has 20 heavy (non-hydrogen) atoms. The quantitative estimate of drug-likeness (QED) is 0.928. The minimum Gasteiger partial charge on any atom is -0.492 e. The standard InChI is InChI=1S/C16H23ClN2O/c17-13-4-2-5-14(9-13)20-8-7-19-10-12-3-1-6-16(18)15(12)11-19/h2,4-5,9,12,15-16H,1,3,6-8,10-11,18H2. The molecule has 2 N–H and O–H groups in total. The van der Waals surface area contributed by atoms with E-state index >= 15 is 0 Å². The second-order valence-electron chi connectivity index (χ2n) is 6.08. The third-order valence-electron chi connectivity index (χ3n) is 4.70. The smallest absolute Gasteiger partial charge is 0.120 e. The fourth-order valence-corrected chi connectivity index (χ4v) is 3.82. The topological polar surface area (TPSA) is 38.5 Å². The maximum Gasteiger partial charge on any atom is 0.120 e. The van der Waals surface area contributed by atoms with Crippen molar-refractivity contribution < 1.29 is 4.74 Å². The molecule has 0 amide bonds. The number of fused-ring (bicyclic) bond motifs is 1. The van der Waals surface area contributed by atoms with Crippen LogP contribution in [-0.2, 0) is 0 Å². The Morgan fingerprint density at radius 1 is 1.30 bits per heavy atom. The van der Waals surface area contributed by atoms with Crippen molar-refractivity contribution in [3.8, 4) is 5.75 Å². The summed E-state index contributed by atoms with van der Waals surface area (Å²) in [6, 6.07) is 8.00. The first kappa shape index (κ1) is 14.2. The maximum absolute atomic E-state index is 6.25. The maximum atomic E-state index is 6.25. The molecule has 3 nitrogen and oxygen atoms in total. The number of likely N-dealkylation sites (tertiary alicyclic amines) is 1. The summed E-state index contributed by atoms with van der Waals surface area (Å²) in [7, 11) is 0. The SMILES string of the molecule is NC1CCCC2CN(CCOc3cccc(Cl)c3)CC12. The first-order valence-corrected chi connectivity index (χ1v) is 7.96. The number of ether oxygens (including phenoxy) is 1. The molecular formula is C16H23ClN2O. The predicted molar refractivity (Wildman–Crippen MR) is 82.2 cm³/mol. The Kier molecular flexibility index (Phi) is 4.49. The molecule has 1 aliphatic heterocycles. The molecule has 110 valence electrons. The van der Waals surface area contributed by atoms with Gasteiger partial charge in [0, 0.05) is 30.7 Å². The minimum atomic E-state index is 0.410. The molecular weight excluding hydrogens is 272 g/mol. The van der Waals surface area contributed by atoms with E-state index in [-0.39, 0.29) is 0 Å². The van der Waals surface area contributed by atoms with E-state index in [1.807, 2.05) is 24.3 Å². The summed E-state index contributed by atoms with van der Waals surface area (Å²) < 4.78 is 5.77. The van der Waals surface area contributed by atoms with Gasteiger partial charge in [0.25, 0.3) is 0 Å². The zero-order valence-corrected chi connectivity index (χ0v) is 12.6. The summed E-state index contributed by atoms with van der Waals surface area (Å²) in [4.78, 5) is 2.51. The summed E-state index contributed by atoms with van der Waals surface area (Å²) in [5.41, 5.74) is 6.25. The van der Waals surface area contributed by atoms with Crippen LogP contribution in [0.5, 0.6) is 5.75 Å². The molecule has 0 radical (unpaired) electrons. The molecule has 1 heterocycles. The molecule has 3 atom stereocenters. The molecule has 2 aliphatic rings. The first-order valence-electron chi connectivity index (χ1n) is 7.58. The van der Waals surface area contributed by atoms with E-state index in [1.165, 1.54) is 25.8 Å². The Morgan fingerprint density at radius 2 is 2.20 bits per heavy atom. The van der Waals surface area contributed by atoms with E-state index in [9.17, 15) is 0 Å². The zero-order valence-electron chi connectivity index (χ0n) is 11.8. The van der Waals surface area contributed by atoms with Gasteiger partial charge in [-0.05, 0) is 42.9 Å². The summed E-state index contributed by atoms with van der Waals surface area (Å²) >= 11 is 5.95. The van der Waals surface area contributed by atoms with Crippen LogP contribution < -0.4 is 10.5 Å². The second-order valence-corrected chi connectivity index (χ2v) is 6.52. The number of rotatable bonds is 4. The van der Waals surface area contributed by atoms with Gasteiger partial charge in [0.1, 0.15) is 12.4 Å². The summed E-state index contributed by atoms with van der Waals surface area (Å²) in [5, 5.41) is 0.723. The van der Waals surface area contributed by atoms with Crippen LogP contribution in [0.4, 0.5) is 0 Å². The van der Waals surface area contributed by atoms with E-state index in [0.29, 0.717) is 12.0 Å². The van der Waals surface area contributed by atoms with Crippen LogP contribution in [-0.4, -0.2) is 37.2 Å². The average Bonchev–Trinajstić information content (AvgIpc) is 2.83. The van der Waals surface area contributed by atoms with Crippen molar-refractivity contribution in [1.82, 2.24) is 4.90 Å². The van der Waals surface area contributed by atoms with E-state index in [0.717, 1.165) is 36.4 Å². The van der Waals surface area contributed by atoms with Gasteiger partial charge in [-0.1, -0.05) is 24.1 Å². The lowest BCUT2D eigenvalue weighted by molar-refractivity contribution is 0.229. The lowest BCUT2D eigenvalue weighted by atomic mass is 9.78. The van der Waals surface area contributed by atoms with E-state index in [4.69, 9.17) is 22.1 Å². The number of halogens is 1. The molecule has 1 saturated heterocycles. The van der Waals surface area contributed by atoms with Crippen molar-refractivity contribution in [3.63, 3.8) is 0 Å². The van der Waals surface area contributed by atoms with Crippen molar-refractivity contribution in [3.05, 3.63) is 29.3 Å². The molecule has 1 saturated carbocycles. The minimum absolute atomic E-state index is 0.410.